The van der Waals surface area contributed by atoms with E-state index in [4.69, 9.17) is 10.5 Å². The molecule has 2 N–H and O–H groups in total. The van der Waals surface area contributed by atoms with E-state index in [-0.39, 0.29) is 11.6 Å². The minimum Gasteiger partial charge on any atom is -0.383 e. The summed E-state index contributed by atoms with van der Waals surface area (Å²) in [6.07, 6.45) is 1.67. The van der Waals surface area contributed by atoms with Gasteiger partial charge in [0, 0.05) is 32.8 Å². The van der Waals surface area contributed by atoms with Gasteiger partial charge >= 0.3 is 0 Å². The van der Waals surface area contributed by atoms with Crippen LogP contribution in [-0.2, 0) is 11.3 Å². The summed E-state index contributed by atoms with van der Waals surface area (Å²) in [4.78, 5) is 13.7. The molecule has 0 radical (unpaired) electrons. The van der Waals surface area contributed by atoms with Crippen molar-refractivity contribution in [1.82, 2.24) is 9.78 Å². The van der Waals surface area contributed by atoms with Gasteiger partial charge in [-0.05, 0) is 6.92 Å². The molecule has 1 heterocycles. The van der Waals surface area contributed by atoms with Gasteiger partial charge in [0.1, 0.15) is 0 Å². The first-order valence-corrected chi connectivity index (χ1v) is 5.61. The van der Waals surface area contributed by atoms with Crippen molar-refractivity contribution < 1.29 is 4.74 Å². The molecule has 0 fully saturated rings. The Morgan fingerprint density at radius 2 is 2.35 bits per heavy atom. The maximum atomic E-state index is 11.8. The van der Waals surface area contributed by atoms with E-state index in [1.807, 2.05) is 18.9 Å². The van der Waals surface area contributed by atoms with Crippen LogP contribution in [-0.4, -0.2) is 43.1 Å². The Balaban J connectivity index is 2.80. The van der Waals surface area contributed by atoms with Crippen LogP contribution in [0, 0.1) is 0 Å². The first kappa shape index (κ1) is 13.7. The molecule has 17 heavy (non-hydrogen) atoms. The van der Waals surface area contributed by atoms with Crippen LogP contribution >= 0.6 is 0 Å². The van der Waals surface area contributed by atoms with Crippen molar-refractivity contribution in [3.63, 3.8) is 0 Å². The third-order valence-corrected chi connectivity index (χ3v) is 2.56. The van der Waals surface area contributed by atoms with Crippen LogP contribution in [0.15, 0.2) is 17.1 Å². The fraction of sp³-hybridized carbons (Fsp3) is 0.636. The second-order valence-corrected chi connectivity index (χ2v) is 3.96. The van der Waals surface area contributed by atoms with Gasteiger partial charge in [-0.25, -0.2) is 4.68 Å². The Kier molecular flexibility index (Phi) is 5.11. The lowest BCUT2D eigenvalue weighted by Crippen LogP contribution is -2.36. The molecule has 0 spiro atoms. The highest BCUT2D eigenvalue weighted by Crippen LogP contribution is 2.05. The molecule has 1 rings (SSSR count). The second-order valence-electron chi connectivity index (χ2n) is 3.96. The van der Waals surface area contributed by atoms with E-state index in [9.17, 15) is 4.79 Å². The minimum absolute atomic E-state index is 0.144. The highest BCUT2D eigenvalue weighted by molar-refractivity contribution is 5.41. The number of ether oxygens (including phenoxy) is 1. The number of rotatable bonds is 6. The molecule has 0 aliphatic rings. The molecule has 0 saturated carbocycles. The van der Waals surface area contributed by atoms with Crippen LogP contribution in [0.2, 0.25) is 0 Å². The summed E-state index contributed by atoms with van der Waals surface area (Å²) in [5.41, 5.74) is 6.44. The van der Waals surface area contributed by atoms with Crippen molar-refractivity contribution in [2.24, 2.45) is 5.73 Å². The molecule has 0 aliphatic heterocycles. The molecule has 96 valence electrons. The Hall–Kier alpha value is -1.40. The molecule has 1 unspecified atom stereocenters. The second kappa shape index (κ2) is 6.36. The fourth-order valence-corrected chi connectivity index (χ4v) is 1.44. The molecule has 1 aromatic heterocycles. The Labute approximate surface area is 101 Å². The summed E-state index contributed by atoms with van der Waals surface area (Å²) in [5.74, 6) is 0. The smallest absolute Gasteiger partial charge is 0.268 e. The lowest BCUT2D eigenvalue weighted by Gasteiger charge is -2.17. The maximum absolute atomic E-state index is 11.8. The van der Waals surface area contributed by atoms with Crippen LogP contribution in [0.5, 0.6) is 0 Å². The average molecular weight is 240 g/mol. The zero-order valence-electron chi connectivity index (χ0n) is 10.6. The number of aromatic nitrogens is 2. The molecular formula is C11H20N4O2. The van der Waals surface area contributed by atoms with Gasteiger partial charge in [-0.2, -0.15) is 5.10 Å². The topological polar surface area (TPSA) is 73.4 Å². The quantitative estimate of drug-likeness (QED) is 0.737. The Bertz CT molecular complexity index is 405. The van der Waals surface area contributed by atoms with E-state index >= 15 is 0 Å². The van der Waals surface area contributed by atoms with Crippen LogP contribution in [0.1, 0.15) is 6.92 Å². The molecule has 0 saturated heterocycles. The van der Waals surface area contributed by atoms with E-state index in [0.29, 0.717) is 13.2 Å². The zero-order chi connectivity index (χ0) is 12.8. The predicted molar refractivity (Wildman–Crippen MR) is 67.3 cm³/mol. The fourth-order valence-electron chi connectivity index (χ4n) is 1.44. The van der Waals surface area contributed by atoms with Crippen molar-refractivity contribution in [3.05, 3.63) is 22.6 Å². The number of nitrogens with zero attached hydrogens (tertiary/aromatic N) is 3. The standard InChI is InChI=1S/C11H20N4O2/c1-4-14(2)10-5-11(16)15(13-6-10)7-9(12)8-17-3/h5-6,9H,4,7-8,12H2,1-3H3. The summed E-state index contributed by atoms with van der Waals surface area (Å²) in [6, 6.07) is 1.34. The van der Waals surface area contributed by atoms with Gasteiger partial charge in [0.05, 0.1) is 25.0 Å². The van der Waals surface area contributed by atoms with Gasteiger partial charge in [-0.3, -0.25) is 4.79 Å². The summed E-state index contributed by atoms with van der Waals surface area (Å²) < 4.78 is 6.28. The van der Waals surface area contributed by atoms with Crippen LogP contribution in [0.3, 0.4) is 0 Å². The number of nitrogens with two attached hydrogens (primary N) is 1. The van der Waals surface area contributed by atoms with Crippen LogP contribution in [0.4, 0.5) is 5.69 Å². The molecule has 0 aromatic carbocycles. The van der Waals surface area contributed by atoms with Crippen LogP contribution in [0.25, 0.3) is 0 Å². The molecule has 0 bridgehead atoms. The molecule has 1 aromatic rings. The van der Waals surface area contributed by atoms with Crippen molar-refractivity contribution in [2.45, 2.75) is 19.5 Å². The number of anilines is 1. The monoisotopic (exact) mass is 240 g/mol. The van der Waals surface area contributed by atoms with Gasteiger partial charge in [0.15, 0.2) is 0 Å². The Morgan fingerprint density at radius 1 is 1.65 bits per heavy atom. The normalized spacial score (nSPS) is 12.5. The summed E-state index contributed by atoms with van der Waals surface area (Å²) >= 11 is 0. The SMILES string of the molecule is CCN(C)c1cnn(CC(N)COC)c(=O)c1. The first-order valence-electron chi connectivity index (χ1n) is 5.61. The highest BCUT2D eigenvalue weighted by atomic mass is 16.5. The molecule has 6 nitrogen and oxygen atoms in total. The summed E-state index contributed by atoms with van der Waals surface area (Å²) in [6.45, 7) is 3.61. The highest BCUT2D eigenvalue weighted by Gasteiger charge is 2.07. The first-order chi connectivity index (χ1) is 8.08. The zero-order valence-corrected chi connectivity index (χ0v) is 10.6. The van der Waals surface area contributed by atoms with Gasteiger partial charge in [0.2, 0.25) is 0 Å². The average Bonchev–Trinajstić information content (AvgIpc) is 2.31. The van der Waals surface area contributed by atoms with Crippen molar-refractivity contribution in [3.8, 4) is 0 Å². The number of hydrogen-bond acceptors (Lipinski definition) is 5. The van der Waals surface area contributed by atoms with Crippen LogP contribution < -0.4 is 16.2 Å². The summed E-state index contributed by atoms with van der Waals surface area (Å²) in [5, 5.41) is 4.10. The minimum atomic E-state index is -0.222. The van der Waals surface area contributed by atoms with Gasteiger partial charge < -0.3 is 15.4 Å². The molecule has 0 aliphatic carbocycles. The van der Waals surface area contributed by atoms with E-state index in [0.717, 1.165) is 12.2 Å². The van der Waals surface area contributed by atoms with E-state index in [1.54, 1.807) is 19.4 Å². The van der Waals surface area contributed by atoms with Gasteiger partial charge in [0.25, 0.3) is 5.56 Å². The van der Waals surface area contributed by atoms with E-state index in [1.165, 1.54) is 4.68 Å². The van der Waals surface area contributed by atoms with E-state index in [2.05, 4.69) is 5.10 Å². The third kappa shape index (κ3) is 3.83. The maximum Gasteiger partial charge on any atom is 0.268 e. The summed E-state index contributed by atoms with van der Waals surface area (Å²) in [7, 11) is 3.49. The molecule has 1 atom stereocenters. The molecule has 6 heteroatoms. The van der Waals surface area contributed by atoms with Gasteiger partial charge in [-0.15, -0.1) is 0 Å². The molecule has 0 amide bonds. The Morgan fingerprint density at radius 3 is 2.88 bits per heavy atom. The predicted octanol–water partition coefficient (Wildman–Crippen LogP) is -0.327. The lowest BCUT2D eigenvalue weighted by molar-refractivity contribution is 0.171. The van der Waals surface area contributed by atoms with Crippen molar-refractivity contribution in [2.75, 3.05) is 32.2 Å². The van der Waals surface area contributed by atoms with Gasteiger partial charge in [-0.1, -0.05) is 0 Å². The largest absolute Gasteiger partial charge is 0.383 e. The third-order valence-electron chi connectivity index (χ3n) is 2.56. The van der Waals surface area contributed by atoms with Crippen molar-refractivity contribution in [1.29, 1.82) is 0 Å². The lowest BCUT2D eigenvalue weighted by atomic mass is 10.3. The van der Waals surface area contributed by atoms with E-state index < -0.39 is 0 Å². The molecular weight excluding hydrogens is 220 g/mol. The number of methoxy groups -OCH3 is 1. The number of hydrogen-bond donors (Lipinski definition) is 1. The van der Waals surface area contributed by atoms with Crippen molar-refractivity contribution >= 4 is 5.69 Å².